The van der Waals surface area contributed by atoms with Gasteiger partial charge in [-0.2, -0.15) is 0 Å². The summed E-state index contributed by atoms with van der Waals surface area (Å²) in [6, 6.07) is 12.6. The van der Waals surface area contributed by atoms with E-state index in [4.69, 9.17) is 4.74 Å². The molecular formula is C21H26N2O3. The van der Waals surface area contributed by atoms with Crippen molar-refractivity contribution < 1.29 is 14.3 Å². The van der Waals surface area contributed by atoms with Crippen LogP contribution in [-0.2, 0) is 4.79 Å². The lowest BCUT2D eigenvalue weighted by molar-refractivity contribution is -0.118. The molecule has 2 aromatic carbocycles. The van der Waals surface area contributed by atoms with Crippen molar-refractivity contribution in [1.82, 2.24) is 5.32 Å². The van der Waals surface area contributed by atoms with Crippen LogP contribution in [0.4, 0.5) is 5.69 Å². The van der Waals surface area contributed by atoms with E-state index >= 15 is 0 Å². The van der Waals surface area contributed by atoms with Gasteiger partial charge < -0.3 is 15.4 Å². The SMILES string of the molecule is Cc1cc(C)cc(OCC(=O)Nc2ccc(C(=O)NCC(C)C)cc2)c1. The Morgan fingerprint density at radius 1 is 1.00 bits per heavy atom. The quantitative estimate of drug-likeness (QED) is 0.796. The van der Waals surface area contributed by atoms with E-state index in [9.17, 15) is 9.59 Å². The summed E-state index contributed by atoms with van der Waals surface area (Å²) in [5.74, 6) is 0.709. The molecule has 0 unspecified atom stereocenters. The number of hydrogen-bond donors (Lipinski definition) is 2. The Balaban J connectivity index is 1.86. The molecule has 0 aliphatic rings. The average Bonchev–Trinajstić information content (AvgIpc) is 2.57. The average molecular weight is 354 g/mol. The minimum Gasteiger partial charge on any atom is -0.484 e. The number of aryl methyl sites for hydroxylation is 2. The monoisotopic (exact) mass is 354 g/mol. The van der Waals surface area contributed by atoms with E-state index in [1.807, 2.05) is 45.9 Å². The molecule has 0 bridgehead atoms. The molecule has 0 atom stereocenters. The molecule has 0 saturated carbocycles. The van der Waals surface area contributed by atoms with E-state index in [2.05, 4.69) is 10.6 Å². The maximum absolute atomic E-state index is 12.0. The lowest BCUT2D eigenvalue weighted by Crippen LogP contribution is -2.27. The Kier molecular flexibility index (Phi) is 6.78. The molecule has 0 fully saturated rings. The molecule has 0 spiro atoms. The second kappa shape index (κ2) is 9.04. The molecule has 138 valence electrons. The van der Waals surface area contributed by atoms with Crippen molar-refractivity contribution >= 4 is 17.5 Å². The highest BCUT2D eigenvalue weighted by atomic mass is 16.5. The van der Waals surface area contributed by atoms with Gasteiger partial charge in [-0.15, -0.1) is 0 Å². The van der Waals surface area contributed by atoms with Gasteiger partial charge in [0.1, 0.15) is 5.75 Å². The summed E-state index contributed by atoms with van der Waals surface area (Å²) in [4.78, 5) is 24.0. The van der Waals surface area contributed by atoms with E-state index in [1.165, 1.54) is 0 Å². The number of amides is 2. The number of carbonyl (C=O) groups excluding carboxylic acids is 2. The molecule has 0 aromatic heterocycles. The highest BCUT2D eigenvalue weighted by Crippen LogP contribution is 2.16. The van der Waals surface area contributed by atoms with Crippen LogP contribution in [0, 0.1) is 19.8 Å². The van der Waals surface area contributed by atoms with Crippen LogP contribution in [-0.4, -0.2) is 25.0 Å². The lowest BCUT2D eigenvalue weighted by Gasteiger charge is -2.10. The number of ether oxygens (including phenoxy) is 1. The minimum atomic E-state index is -0.249. The zero-order chi connectivity index (χ0) is 19.1. The first-order chi connectivity index (χ1) is 12.3. The van der Waals surface area contributed by atoms with Crippen LogP contribution in [0.2, 0.25) is 0 Å². The number of nitrogens with one attached hydrogen (secondary N) is 2. The number of carbonyl (C=O) groups is 2. The van der Waals surface area contributed by atoms with Crippen LogP contribution in [0.1, 0.15) is 35.3 Å². The summed E-state index contributed by atoms with van der Waals surface area (Å²) in [5.41, 5.74) is 3.37. The number of anilines is 1. The van der Waals surface area contributed by atoms with Crippen molar-refractivity contribution in [2.75, 3.05) is 18.5 Å². The normalized spacial score (nSPS) is 10.5. The number of hydrogen-bond acceptors (Lipinski definition) is 3. The van der Waals surface area contributed by atoms with E-state index in [0.717, 1.165) is 11.1 Å². The summed E-state index contributed by atoms with van der Waals surface area (Å²) in [6.07, 6.45) is 0. The number of benzene rings is 2. The molecule has 5 heteroatoms. The van der Waals surface area contributed by atoms with Crippen LogP contribution in [0.5, 0.6) is 5.75 Å². The van der Waals surface area contributed by atoms with Gasteiger partial charge in [0, 0.05) is 17.8 Å². The third kappa shape index (κ3) is 6.24. The van der Waals surface area contributed by atoms with E-state index in [-0.39, 0.29) is 18.4 Å². The zero-order valence-corrected chi connectivity index (χ0v) is 15.8. The molecule has 0 radical (unpaired) electrons. The van der Waals surface area contributed by atoms with Crippen molar-refractivity contribution in [3.8, 4) is 5.75 Å². The summed E-state index contributed by atoms with van der Waals surface area (Å²) in [7, 11) is 0. The fourth-order valence-corrected chi connectivity index (χ4v) is 2.47. The van der Waals surface area contributed by atoms with E-state index < -0.39 is 0 Å². The second-order valence-corrected chi connectivity index (χ2v) is 6.84. The molecule has 0 heterocycles. The number of rotatable bonds is 7. The van der Waals surface area contributed by atoms with Gasteiger partial charge in [-0.25, -0.2) is 0 Å². The lowest BCUT2D eigenvalue weighted by atomic mass is 10.1. The fraction of sp³-hybridized carbons (Fsp3) is 0.333. The van der Waals surface area contributed by atoms with Crippen LogP contribution in [0.15, 0.2) is 42.5 Å². The second-order valence-electron chi connectivity index (χ2n) is 6.84. The van der Waals surface area contributed by atoms with E-state index in [1.54, 1.807) is 24.3 Å². The largest absolute Gasteiger partial charge is 0.484 e. The first-order valence-corrected chi connectivity index (χ1v) is 8.72. The van der Waals surface area contributed by atoms with Gasteiger partial charge >= 0.3 is 0 Å². The van der Waals surface area contributed by atoms with Gasteiger partial charge in [-0.1, -0.05) is 19.9 Å². The Morgan fingerprint density at radius 2 is 1.62 bits per heavy atom. The summed E-state index contributed by atoms with van der Waals surface area (Å²) < 4.78 is 5.54. The zero-order valence-electron chi connectivity index (χ0n) is 15.8. The molecule has 0 aliphatic heterocycles. The third-order valence-electron chi connectivity index (χ3n) is 3.67. The van der Waals surface area contributed by atoms with Gasteiger partial charge in [0.25, 0.3) is 11.8 Å². The molecule has 0 saturated heterocycles. The summed E-state index contributed by atoms with van der Waals surface area (Å²) in [6.45, 7) is 8.61. The predicted octanol–water partition coefficient (Wildman–Crippen LogP) is 3.71. The topological polar surface area (TPSA) is 67.4 Å². The predicted molar refractivity (Wildman–Crippen MR) is 104 cm³/mol. The van der Waals surface area contributed by atoms with Crippen LogP contribution in [0.3, 0.4) is 0 Å². The first-order valence-electron chi connectivity index (χ1n) is 8.72. The molecule has 26 heavy (non-hydrogen) atoms. The Bertz CT molecular complexity index is 747. The molecule has 5 nitrogen and oxygen atoms in total. The maximum Gasteiger partial charge on any atom is 0.262 e. The molecule has 2 N–H and O–H groups in total. The van der Waals surface area contributed by atoms with Crippen molar-refractivity contribution in [1.29, 1.82) is 0 Å². The highest BCUT2D eigenvalue weighted by molar-refractivity contribution is 5.96. The third-order valence-corrected chi connectivity index (χ3v) is 3.67. The fourth-order valence-electron chi connectivity index (χ4n) is 2.47. The van der Waals surface area contributed by atoms with Crippen molar-refractivity contribution in [3.05, 3.63) is 59.2 Å². The molecule has 2 aromatic rings. The Labute approximate surface area is 154 Å². The van der Waals surface area contributed by atoms with Crippen LogP contribution >= 0.6 is 0 Å². The van der Waals surface area contributed by atoms with Crippen molar-refractivity contribution in [3.63, 3.8) is 0 Å². The van der Waals surface area contributed by atoms with Crippen molar-refractivity contribution in [2.24, 2.45) is 5.92 Å². The van der Waals surface area contributed by atoms with Gasteiger partial charge in [-0.05, 0) is 67.3 Å². The molecular weight excluding hydrogens is 328 g/mol. The first kappa shape index (κ1) is 19.5. The molecule has 2 rings (SSSR count). The smallest absolute Gasteiger partial charge is 0.262 e. The highest BCUT2D eigenvalue weighted by Gasteiger charge is 2.08. The maximum atomic E-state index is 12.0. The Morgan fingerprint density at radius 3 is 2.19 bits per heavy atom. The molecule has 2 amide bonds. The summed E-state index contributed by atoms with van der Waals surface area (Å²) >= 11 is 0. The van der Waals surface area contributed by atoms with Crippen LogP contribution in [0.25, 0.3) is 0 Å². The standard InChI is InChI=1S/C21H26N2O3/c1-14(2)12-22-21(25)17-5-7-18(8-6-17)23-20(24)13-26-19-10-15(3)9-16(4)11-19/h5-11,14H,12-13H2,1-4H3,(H,22,25)(H,23,24). The Hall–Kier alpha value is -2.82. The minimum absolute atomic E-state index is 0.0699. The van der Waals surface area contributed by atoms with Crippen molar-refractivity contribution in [2.45, 2.75) is 27.7 Å². The van der Waals surface area contributed by atoms with Crippen LogP contribution < -0.4 is 15.4 Å². The van der Waals surface area contributed by atoms with Gasteiger partial charge in [0.05, 0.1) is 0 Å². The van der Waals surface area contributed by atoms with Gasteiger partial charge in [-0.3, -0.25) is 9.59 Å². The van der Waals surface area contributed by atoms with Gasteiger partial charge in [0.15, 0.2) is 6.61 Å². The van der Waals surface area contributed by atoms with E-state index in [0.29, 0.717) is 29.5 Å². The molecule has 0 aliphatic carbocycles. The summed E-state index contributed by atoms with van der Waals surface area (Å²) in [5, 5.41) is 5.62. The van der Waals surface area contributed by atoms with Gasteiger partial charge in [0.2, 0.25) is 0 Å².